The van der Waals surface area contributed by atoms with E-state index in [1.165, 1.54) is 0 Å². The minimum Gasteiger partial charge on any atom is -0.383 e. The van der Waals surface area contributed by atoms with Gasteiger partial charge in [0.1, 0.15) is 0 Å². The summed E-state index contributed by atoms with van der Waals surface area (Å²) in [7, 11) is 0. The topological polar surface area (TPSA) is 81.0 Å². The Labute approximate surface area is 203 Å². The number of nitrogens with zero attached hydrogens (tertiary/aromatic N) is 6. The fourth-order valence-electron chi connectivity index (χ4n) is 3.92. The van der Waals surface area contributed by atoms with Crippen molar-refractivity contribution in [1.82, 2.24) is 29.9 Å². The molecular weight excluding hydrogens is 450 g/mol. The van der Waals surface area contributed by atoms with E-state index >= 15 is 0 Å². The molecule has 0 bridgehead atoms. The summed E-state index contributed by atoms with van der Waals surface area (Å²) in [6.07, 6.45) is 9.60. The largest absolute Gasteiger partial charge is 0.383 e. The lowest BCUT2D eigenvalue weighted by molar-refractivity contribution is 0.0336. The van der Waals surface area contributed by atoms with E-state index in [1.807, 2.05) is 59.4 Å². The number of hydrogen-bond donors (Lipinski definition) is 1. The van der Waals surface area contributed by atoms with Gasteiger partial charge in [-0.15, -0.1) is 5.10 Å². The molecule has 1 aliphatic heterocycles. The number of fused-ring (bicyclic) bond motifs is 1. The van der Waals surface area contributed by atoms with Crippen LogP contribution in [0, 0.1) is 0 Å². The number of anilines is 1. The highest BCUT2D eigenvalue weighted by Crippen LogP contribution is 2.27. The van der Waals surface area contributed by atoms with Crippen LogP contribution in [0.25, 0.3) is 23.1 Å². The number of rotatable bonds is 8. The number of hydrogen-bond acceptors (Lipinski definition) is 7. The molecule has 0 unspecified atom stereocenters. The van der Waals surface area contributed by atoms with E-state index in [0.717, 1.165) is 66.4 Å². The van der Waals surface area contributed by atoms with Gasteiger partial charge in [0.15, 0.2) is 0 Å². The SMILES string of the molecule is Clc1ccc2nc(/C=C/c3ccncc3)cc(NCCn3cc(CN4CCOCC4)nn3)c2c1. The zero-order valence-corrected chi connectivity index (χ0v) is 19.5. The third-order valence-electron chi connectivity index (χ3n) is 5.67. The summed E-state index contributed by atoms with van der Waals surface area (Å²) >= 11 is 6.27. The highest BCUT2D eigenvalue weighted by Gasteiger charge is 2.13. The number of halogens is 1. The first kappa shape index (κ1) is 22.5. The molecule has 9 heteroatoms. The Kier molecular flexibility index (Phi) is 7.09. The monoisotopic (exact) mass is 475 g/mol. The van der Waals surface area contributed by atoms with Crippen LogP contribution in [0.5, 0.6) is 0 Å². The van der Waals surface area contributed by atoms with Gasteiger partial charge in [-0.1, -0.05) is 22.9 Å². The van der Waals surface area contributed by atoms with E-state index in [9.17, 15) is 0 Å². The predicted molar refractivity (Wildman–Crippen MR) is 135 cm³/mol. The Balaban J connectivity index is 1.28. The van der Waals surface area contributed by atoms with Crippen LogP contribution >= 0.6 is 11.6 Å². The molecule has 0 saturated carbocycles. The van der Waals surface area contributed by atoms with Crippen LogP contribution in [0.1, 0.15) is 17.0 Å². The van der Waals surface area contributed by atoms with E-state index in [0.29, 0.717) is 18.1 Å². The number of ether oxygens (including phenoxy) is 1. The molecule has 5 rings (SSSR count). The van der Waals surface area contributed by atoms with Gasteiger partial charge in [0.25, 0.3) is 0 Å². The summed E-state index contributed by atoms with van der Waals surface area (Å²) in [5.41, 5.74) is 4.78. The molecule has 4 aromatic rings. The second-order valence-corrected chi connectivity index (χ2v) is 8.59. The number of benzene rings is 1. The predicted octanol–water partition coefficient (Wildman–Crippen LogP) is 3.99. The van der Waals surface area contributed by atoms with E-state index in [-0.39, 0.29) is 0 Å². The number of aromatic nitrogens is 5. The third-order valence-corrected chi connectivity index (χ3v) is 5.91. The Bertz CT molecular complexity index is 1270. The maximum Gasteiger partial charge on any atom is 0.0967 e. The first-order valence-corrected chi connectivity index (χ1v) is 11.7. The van der Waals surface area contributed by atoms with Gasteiger partial charge in [-0.25, -0.2) is 4.98 Å². The fraction of sp³-hybridized carbons (Fsp3) is 0.280. The van der Waals surface area contributed by atoms with Gasteiger partial charge in [0.2, 0.25) is 0 Å². The average Bonchev–Trinajstić information content (AvgIpc) is 3.31. The summed E-state index contributed by atoms with van der Waals surface area (Å²) in [4.78, 5) is 11.2. The molecule has 0 radical (unpaired) electrons. The molecule has 0 spiro atoms. The molecule has 174 valence electrons. The maximum atomic E-state index is 6.27. The Hall–Kier alpha value is -3.33. The summed E-state index contributed by atoms with van der Waals surface area (Å²) in [5, 5.41) is 13.8. The highest BCUT2D eigenvalue weighted by molar-refractivity contribution is 6.31. The van der Waals surface area contributed by atoms with Crippen LogP contribution in [0.15, 0.2) is 55.0 Å². The summed E-state index contributed by atoms with van der Waals surface area (Å²) in [6, 6.07) is 11.7. The molecule has 1 fully saturated rings. The number of pyridine rings is 2. The maximum absolute atomic E-state index is 6.27. The van der Waals surface area contributed by atoms with Gasteiger partial charge < -0.3 is 10.1 Å². The zero-order chi connectivity index (χ0) is 23.2. The Morgan fingerprint density at radius 3 is 2.76 bits per heavy atom. The van der Waals surface area contributed by atoms with E-state index < -0.39 is 0 Å². The van der Waals surface area contributed by atoms with Gasteiger partial charge in [-0.05, 0) is 48.0 Å². The van der Waals surface area contributed by atoms with E-state index in [2.05, 4.69) is 25.5 Å². The molecule has 3 aromatic heterocycles. The molecule has 0 amide bonds. The van der Waals surface area contributed by atoms with Crippen LogP contribution in [-0.4, -0.2) is 62.7 Å². The van der Waals surface area contributed by atoms with Crippen molar-refractivity contribution < 1.29 is 4.74 Å². The van der Waals surface area contributed by atoms with Crippen LogP contribution in [0.4, 0.5) is 5.69 Å². The van der Waals surface area contributed by atoms with Crippen molar-refractivity contribution in [2.75, 3.05) is 38.2 Å². The normalized spacial score (nSPS) is 14.7. The molecule has 1 aromatic carbocycles. The second kappa shape index (κ2) is 10.7. The molecule has 4 heterocycles. The van der Waals surface area contributed by atoms with Crippen molar-refractivity contribution >= 4 is 40.3 Å². The van der Waals surface area contributed by atoms with Crippen molar-refractivity contribution in [3.8, 4) is 0 Å². The number of morpholine rings is 1. The summed E-state index contributed by atoms with van der Waals surface area (Å²) in [6.45, 7) is 5.62. The van der Waals surface area contributed by atoms with Crippen molar-refractivity contribution in [1.29, 1.82) is 0 Å². The average molecular weight is 476 g/mol. The summed E-state index contributed by atoms with van der Waals surface area (Å²) < 4.78 is 7.29. The first-order valence-electron chi connectivity index (χ1n) is 11.3. The molecule has 1 saturated heterocycles. The lowest BCUT2D eigenvalue weighted by Gasteiger charge is -2.25. The van der Waals surface area contributed by atoms with Gasteiger partial charge in [-0.2, -0.15) is 0 Å². The van der Waals surface area contributed by atoms with E-state index in [4.69, 9.17) is 21.3 Å². The standard InChI is InChI=1S/C25H26ClN7O/c26-20-2-4-24-23(15-20)25(16-21(29-24)3-1-19-5-7-27-8-6-19)28-9-10-33-18-22(30-31-33)17-32-11-13-34-14-12-32/h1-8,15-16,18H,9-14,17H2,(H,28,29)/b3-1+. The Morgan fingerprint density at radius 2 is 1.91 bits per heavy atom. The smallest absolute Gasteiger partial charge is 0.0967 e. The van der Waals surface area contributed by atoms with Crippen LogP contribution in [0.3, 0.4) is 0 Å². The highest BCUT2D eigenvalue weighted by atomic mass is 35.5. The van der Waals surface area contributed by atoms with Gasteiger partial charge in [-0.3, -0.25) is 14.6 Å². The van der Waals surface area contributed by atoms with Crippen molar-refractivity contribution in [2.24, 2.45) is 0 Å². The quantitative estimate of drug-likeness (QED) is 0.412. The molecule has 1 aliphatic rings. The van der Waals surface area contributed by atoms with E-state index in [1.54, 1.807) is 12.4 Å². The number of nitrogens with one attached hydrogen (secondary N) is 1. The molecule has 0 atom stereocenters. The van der Waals surface area contributed by atoms with Gasteiger partial charge >= 0.3 is 0 Å². The molecule has 1 N–H and O–H groups in total. The van der Waals surface area contributed by atoms with Crippen molar-refractivity contribution in [3.63, 3.8) is 0 Å². The third kappa shape index (κ3) is 5.77. The van der Waals surface area contributed by atoms with Gasteiger partial charge in [0, 0.05) is 60.9 Å². The minimum absolute atomic E-state index is 0.682. The Morgan fingerprint density at radius 1 is 1.06 bits per heavy atom. The molecule has 0 aliphatic carbocycles. The van der Waals surface area contributed by atoms with Gasteiger partial charge in [0.05, 0.1) is 36.7 Å². The van der Waals surface area contributed by atoms with Crippen molar-refractivity contribution in [3.05, 3.63) is 77.0 Å². The lowest BCUT2D eigenvalue weighted by Crippen LogP contribution is -2.35. The first-order chi connectivity index (χ1) is 16.7. The van der Waals surface area contributed by atoms with Crippen molar-refractivity contribution in [2.45, 2.75) is 13.1 Å². The molecule has 34 heavy (non-hydrogen) atoms. The molecule has 8 nitrogen and oxygen atoms in total. The molecular formula is C25H26ClN7O. The second-order valence-electron chi connectivity index (χ2n) is 8.16. The summed E-state index contributed by atoms with van der Waals surface area (Å²) in [5.74, 6) is 0. The van der Waals surface area contributed by atoms with Crippen LogP contribution < -0.4 is 5.32 Å². The fourth-order valence-corrected chi connectivity index (χ4v) is 4.09. The minimum atomic E-state index is 0.682. The zero-order valence-electron chi connectivity index (χ0n) is 18.8. The van der Waals surface area contributed by atoms with Crippen LogP contribution in [-0.2, 0) is 17.8 Å². The lowest BCUT2D eigenvalue weighted by atomic mass is 10.1. The van der Waals surface area contributed by atoms with Crippen LogP contribution in [0.2, 0.25) is 5.02 Å².